The molecule has 0 saturated heterocycles. The van der Waals surface area contributed by atoms with Crippen LogP contribution in [-0.4, -0.2) is 14.5 Å². The summed E-state index contributed by atoms with van der Waals surface area (Å²) in [6.07, 6.45) is 4.78. The molecule has 0 unspecified atom stereocenters. The Bertz CT molecular complexity index is 546. The van der Waals surface area contributed by atoms with Crippen molar-refractivity contribution in [1.82, 2.24) is 0 Å². The van der Waals surface area contributed by atoms with Crippen LogP contribution in [0.4, 0.5) is 5.69 Å². The molecular formula is C13H20N2O2S. The van der Waals surface area contributed by atoms with E-state index in [4.69, 9.17) is 5.14 Å². The van der Waals surface area contributed by atoms with Gasteiger partial charge < -0.3 is 5.32 Å². The predicted octanol–water partition coefficient (Wildman–Crippen LogP) is 2.31. The summed E-state index contributed by atoms with van der Waals surface area (Å²) in [5.41, 5.74) is 2.93. The van der Waals surface area contributed by atoms with E-state index in [9.17, 15) is 8.42 Å². The summed E-state index contributed by atoms with van der Waals surface area (Å²) in [7, 11) is -3.64. The van der Waals surface area contributed by atoms with Gasteiger partial charge in [-0.3, -0.25) is 0 Å². The summed E-state index contributed by atoms with van der Waals surface area (Å²) in [6, 6.07) is 3.74. The molecule has 18 heavy (non-hydrogen) atoms. The molecule has 1 aliphatic carbocycles. The normalized spacial score (nSPS) is 17.1. The Morgan fingerprint density at radius 3 is 2.39 bits per heavy atom. The lowest BCUT2D eigenvalue weighted by Crippen LogP contribution is -2.17. The molecule has 0 aromatic heterocycles. The van der Waals surface area contributed by atoms with Gasteiger partial charge in [0.15, 0.2) is 0 Å². The van der Waals surface area contributed by atoms with Crippen LogP contribution >= 0.6 is 0 Å². The van der Waals surface area contributed by atoms with E-state index in [-0.39, 0.29) is 4.90 Å². The second kappa shape index (κ2) is 4.90. The molecule has 1 aromatic carbocycles. The smallest absolute Gasteiger partial charge is 0.238 e. The highest BCUT2D eigenvalue weighted by molar-refractivity contribution is 7.89. The van der Waals surface area contributed by atoms with Crippen molar-refractivity contribution < 1.29 is 8.42 Å². The first-order valence-electron chi connectivity index (χ1n) is 6.28. The average Bonchev–Trinajstić information content (AvgIpc) is 2.75. The summed E-state index contributed by atoms with van der Waals surface area (Å²) >= 11 is 0. The lowest BCUT2D eigenvalue weighted by molar-refractivity contribution is 0.597. The topological polar surface area (TPSA) is 72.2 Å². The molecular weight excluding hydrogens is 248 g/mol. The quantitative estimate of drug-likeness (QED) is 0.883. The first-order chi connectivity index (χ1) is 8.38. The van der Waals surface area contributed by atoms with E-state index >= 15 is 0 Å². The number of rotatable bonds is 3. The summed E-state index contributed by atoms with van der Waals surface area (Å²) in [4.78, 5) is 0.186. The van der Waals surface area contributed by atoms with Gasteiger partial charge in [0.05, 0.1) is 4.90 Å². The van der Waals surface area contributed by atoms with Crippen LogP contribution < -0.4 is 10.5 Å². The Kier molecular flexibility index (Phi) is 3.64. The summed E-state index contributed by atoms with van der Waals surface area (Å²) in [5.74, 6) is 0. The van der Waals surface area contributed by atoms with E-state index in [1.165, 1.54) is 12.8 Å². The SMILES string of the molecule is Cc1cc(S(N)(=O)=O)cc(NC2CCCC2)c1C. The van der Waals surface area contributed by atoms with Gasteiger partial charge in [0.25, 0.3) is 0 Å². The molecule has 0 spiro atoms. The number of hydrogen-bond acceptors (Lipinski definition) is 3. The average molecular weight is 268 g/mol. The highest BCUT2D eigenvalue weighted by Crippen LogP contribution is 2.28. The molecule has 1 fully saturated rings. The van der Waals surface area contributed by atoms with Gasteiger partial charge >= 0.3 is 0 Å². The van der Waals surface area contributed by atoms with Gasteiger partial charge in [-0.2, -0.15) is 0 Å². The molecule has 0 radical (unpaired) electrons. The first kappa shape index (κ1) is 13.4. The van der Waals surface area contributed by atoms with Crippen molar-refractivity contribution in [3.8, 4) is 0 Å². The fourth-order valence-corrected chi connectivity index (χ4v) is 3.05. The molecule has 100 valence electrons. The van der Waals surface area contributed by atoms with E-state index in [1.807, 2.05) is 13.8 Å². The number of aryl methyl sites for hydroxylation is 1. The molecule has 2 rings (SSSR count). The van der Waals surface area contributed by atoms with Gasteiger partial charge in [-0.1, -0.05) is 12.8 Å². The molecule has 0 heterocycles. The molecule has 4 nitrogen and oxygen atoms in total. The lowest BCUT2D eigenvalue weighted by Gasteiger charge is -2.18. The maximum absolute atomic E-state index is 11.4. The number of sulfonamides is 1. The van der Waals surface area contributed by atoms with Gasteiger partial charge in [-0.05, 0) is 49.9 Å². The Hall–Kier alpha value is -1.07. The van der Waals surface area contributed by atoms with E-state index in [1.54, 1.807) is 12.1 Å². The minimum atomic E-state index is -3.64. The van der Waals surface area contributed by atoms with E-state index in [0.29, 0.717) is 6.04 Å². The number of primary sulfonamides is 1. The molecule has 5 heteroatoms. The van der Waals surface area contributed by atoms with Crippen LogP contribution in [0.3, 0.4) is 0 Å². The number of hydrogen-bond donors (Lipinski definition) is 2. The van der Waals surface area contributed by atoms with Crippen molar-refractivity contribution >= 4 is 15.7 Å². The lowest BCUT2D eigenvalue weighted by atomic mass is 10.1. The Morgan fingerprint density at radius 1 is 1.22 bits per heavy atom. The van der Waals surface area contributed by atoms with E-state index < -0.39 is 10.0 Å². The predicted molar refractivity (Wildman–Crippen MR) is 73.2 cm³/mol. The third kappa shape index (κ3) is 2.84. The van der Waals surface area contributed by atoms with Crippen molar-refractivity contribution in [1.29, 1.82) is 0 Å². The number of benzene rings is 1. The first-order valence-corrected chi connectivity index (χ1v) is 7.83. The van der Waals surface area contributed by atoms with E-state index in [2.05, 4.69) is 5.32 Å². The largest absolute Gasteiger partial charge is 0.382 e. The molecule has 1 aliphatic rings. The molecule has 0 atom stereocenters. The summed E-state index contributed by atoms with van der Waals surface area (Å²) in [6.45, 7) is 3.91. The second-order valence-corrected chi connectivity index (χ2v) is 6.64. The molecule has 0 aliphatic heterocycles. The van der Waals surface area contributed by atoms with E-state index in [0.717, 1.165) is 29.7 Å². The Morgan fingerprint density at radius 2 is 1.83 bits per heavy atom. The van der Waals surface area contributed by atoms with Crippen molar-refractivity contribution in [2.45, 2.75) is 50.5 Å². The van der Waals surface area contributed by atoms with Crippen molar-refractivity contribution in [2.24, 2.45) is 5.14 Å². The highest BCUT2D eigenvalue weighted by Gasteiger charge is 2.18. The Balaban J connectivity index is 2.36. The minimum Gasteiger partial charge on any atom is -0.382 e. The van der Waals surface area contributed by atoms with Crippen molar-refractivity contribution in [3.05, 3.63) is 23.3 Å². The van der Waals surface area contributed by atoms with Crippen LogP contribution in [0.25, 0.3) is 0 Å². The molecule has 0 amide bonds. The van der Waals surface area contributed by atoms with Crippen LogP contribution in [0.2, 0.25) is 0 Å². The maximum atomic E-state index is 11.4. The third-order valence-electron chi connectivity index (χ3n) is 3.68. The van der Waals surface area contributed by atoms with Crippen LogP contribution in [-0.2, 0) is 10.0 Å². The molecule has 0 bridgehead atoms. The third-order valence-corrected chi connectivity index (χ3v) is 4.58. The van der Waals surface area contributed by atoms with Crippen LogP contribution in [0.5, 0.6) is 0 Å². The van der Waals surface area contributed by atoms with Gasteiger partial charge in [0, 0.05) is 11.7 Å². The number of anilines is 1. The maximum Gasteiger partial charge on any atom is 0.238 e. The minimum absolute atomic E-state index is 0.186. The summed E-state index contributed by atoms with van der Waals surface area (Å²) < 4.78 is 22.9. The Labute approximate surface area is 109 Å². The molecule has 1 aromatic rings. The molecule has 3 N–H and O–H groups in total. The zero-order valence-corrected chi connectivity index (χ0v) is 11.7. The zero-order chi connectivity index (χ0) is 13.3. The number of nitrogens with one attached hydrogen (secondary N) is 1. The van der Waals surface area contributed by atoms with Gasteiger partial charge in [0.2, 0.25) is 10.0 Å². The van der Waals surface area contributed by atoms with Crippen LogP contribution in [0.15, 0.2) is 17.0 Å². The molecule has 1 saturated carbocycles. The van der Waals surface area contributed by atoms with Crippen LogP contribution in [0, 0.1) is 13.8 Å². The fourth-order valence-electron chi connectivity index (χ4n) is 2.43. The van der Waals surface area contributed by atoms with Gasteiger partial charge in [-0.25, -0.2) is 13.6 Å². The fraction of sp³-hybridized carbons (Fsp3) is 0.538. The monoisotopic (exact) mass is 268 g/mol. The van der Waals surface area contributed by atoms with Crippen molar-refractivity contribution in [2.75, 3.05) is 5.32 Å². The van der Waals surface area contributed by atoms with Crippen molar-refractivity contribution in [3.63, 3.8) is 0 Å². The standard InChI is InChI=1S/C13H20N2O2S/c1-9-7-12(18(14,16)17)8-13(10(9)2)15-11-5-3-4-6-11/h7-8,11,15H,3-6H2,1-2H3,(H2,14,16,17). The second-order valence-electron chi connectivity index (χ2n) is 5.08. The highest BCUT2D eigenvalue weighted by atomic mass is 32.2. The van der Waals surface area contributed by atoms with Gasteiger partial charge in [-0.15, -0.1) is 0 Å². The van der Waals surface area contributed by atoms with Gasteiger partial charge in [0.1, 0.15) is 0 Å². The summed E-state index contributed by atoms with van der Waals surface area (Å²) in [5, 5.41) is 8.64. The van der Waals surface area contributed by atoms with Crippen LogP contribution in [0.1, 0.15) is 36.8 Å². The number of nitrogens with two attached hydrogens (primary N) is 1. The zero-order valence-electron chi connectivity index (χ0n) is 10.9.